The molecule has 2 fully saturated rings. The first-order valence-electron chi connectivity index (χ1n) is 20.2. The fourth-order valence-corrected chi connectivity index (χ4v) is 10.9. The summed E-state index contributed by atoms with van der Waals surface area (Å²) in [7, 11) is 0. The van der Waals surface area contributed by atoms with Crippen LogP contribution in [0.25, 0.3) is 0 Å². The molecule has 7 atom stereocenters. The number of carboxylic acid groups (broad SMARTS) is 1. The van der Waals surface area contributed by atoms with Gasteiger partial charge in [0.2, 0.25) is 0 Å². The molecule has 270 valence electrons. The van der Waals surface area contributed by atoms with Crippen molar-refractivity contribution in [2.24, 2.45) is 53.1 Å². The number of aliphatic hydroxyl groups excluding tert-OH is 1. The number of allylic oxidation sites excluding steroid dienone is 4. The maximum absolute atomic E-state index is 13.1. The van der Waals surface area contributed by atoms with Gasteiger partial charge in [0.25, 0.3) is 0 Å². The quantitative estimate of drug-likeness (QED) is 0.164. The van der Waals surface area contributed by atoms with Crippen molar-refractivity contribution in [1.29, 1.82) is 0 Å². The van der Waals surface area contributed by atoms with Crippen LogP contribution in [-0.2, 0) is 23.2 Å². The van der Waals surface area contributed by atoms with E-state index in [0.29, 0.717) is 12.5 Å². The molecule has 4 nitrogen and oxygen atoms in total. The second-order valence-electron chi connectivity index (χ2n) is 16.4. The highest BCUT2D eigenvalue weighted by Crippen LogP contribution is 2.57. The van der Waals surface area contributed by atoms with Crippen molar-refractivity contribution in [1.82, 2.24) is 0 Å². The minimum absolute atomic E-state index is 0.0206. The Kier molecular flexibility index (Phi) is 13.3. The second-order valence-corrected chi connectivity index (χ2v) is 16.4. The molecule has 0 heterocycles. The Balaban J connectivity index is 1.28. The van der Waals surface area contributed by atoms with Gasteiger partial charge in [-0.05, 0) is 116 Å². The number of nitrogens with two attached hydrogens (primary N) is 1. The highest BCUT2D eigenvalue weighted by atomic mass is 16.4. The van der Waals surface area contributed by atoms with Crippen LogP contribution in [-0.4, -0.2) is 22.7 Å². The lowest BCUT2D eigenvalue weighted by molar-refractivity contribution is -0.145. The van der Waals surface area contributed by atoms with Gasteiger partial charge in [-0.2, -0.15) is 0 Å². The van der Waals surface area contributed by atoms with Gasteiger partial charge in [0.05, 0.1) is 12.5 Å². The van der Waals surface area contributed by atoms with Gasteiger partial charge in [0.15, 0.2) is 0 Å². The molecule has 0 aliphatic heterocycles. The smallest absolute Gasteiger partial charge is 0.310 e. The minimum atomic E-state index is -0.689. The molecule has 0 saturated heterocycles. The summed E-state index contributed by atoms with van der Waals surface area (Å²) in [5.41, 5.74) is 10.2. The van der Waals surface area contributed by atoms with E-state index in [4.69, 9.17) is 5.73 Å². The number of hydrogen-bond acceptors (Lipinski definition) is 3. The van der Waals surface area contributed by atoms with Crippen molar-refractivity contribution in [3.05, 3.63) is 108 Å². The van der Waals surface area contributed by atoms with Crippen LogP contribution in [0.4, 0.5) is 0 Å². The average Bonchev–Trinajstić information content (AvgIpc) is 3.17. The van der Waals surface area contributed by atoms with Crippen molar-refractivity contribution in [2.75, 3.05) is 6.54 Å². The third kappa shape index (κ3) is 8.73. The topological polar surface area (TPSA) is 83.6 Å². The summed E-state index contributed by atoms with van der Waals surface area (Å²) < 4.78 is 0. The van der Waals surface area contributed by atoms with Crippen molar-refractivity contribution in [3.63, 3.8) is 0 Å². The lowest BCUT2D eigenvalue weighted by Crippen LogP contribution is -2.52. The standard InChI is InChI=1S/C46H63NO3/c47-32-39-24-26-41(45(49)50)44-42(46(28-11-4-12-29-46)40-20-9-3-10-21-40)27-25-38(43(39)44)31-36(23-22-35-18-13-19-37(30-35)33-48)17-8-2-7-16-34-14-5-1-6-15-34/h2-3,8-10,13,18-21,24-27,30,34,36,38-39,41-44,48H,1,4-7,11-12,14-17,22-23,28-29,31-33,47H2,(H,49,50)/t36-,38-,39+,41+,42+,43-,44+/m0/s1. The van der Waals surface area contributed by atoms with Gasteiger partial charge in [-0.25, -0.2) is 0 Å². The van der Waals surface area contributed by atoms with E-state index in [1.165, 1.54) is 75.3 Å². The zero-order chi connectivity index (χ0) is 34.8. The number of carbonyl (C=O) groups is 1. The maximum Gasteiger partial charge on any atom is 0.310 e. The minimum Gasteiger partial charge on any atom is -0.481 e. The van der Waals surface area contributed by atoms with Crippen LogP contribution in [0.2, 0.25) is 0 Å². The van der Waals surface area contributed by atoms with Gasteiger partial charge in [-0.1, -0.05) is 142 Å². The average molecular weight is 678 g/mol. The van der Waals surface area contributed by atoms with Crippen molar-refractivity contribution in [3.8, 4) is 0 Å². The Labute approximate surface area is 302 Å². The van der Waals surface area contributed by atoms with E-state index in [9.17, 15) is 15.0 Å². The monoisotopic (exact) mass is 677 g/mol. The fourth-order valence-electron chi connectivity index (χ4n) is 10.9. The van der Waals surface area contributed by atoms with Crippen molar-refractivity contribution in [2.45, 2.75) is 115 Å². The Morgan fingerprint density at radius 1 is 0.840 bits per heavy atom. The first-order valence-corrected chi connectivity index (χ1v) is 20.2. The third-order valence-corrected chi connectivity index (χ3v) is 13.4. The number of aliphatic carboxylic acids is 1. The highest BCUT2D eigenvalue weighted by Gasteiger charge is 2.54. The Morgan fingerprint density at radius 2 is 1.58 bits per heavy atom. The molecule has 4 N–H and O–H groups in total. The van der Waals surface area contributed by atoms with Gasteiger partial charge in [0, 0.05) is 5.41 Å². The molecule has 0 unspecified atom stereocenters. The summed E-state index contributed by atoms with van der Waals surface area (Å²) in [6, 6.07) is 19.5. The number of aliphatic hydroxyl groups is 1. The Bertz CT molecular complexity index is 1430. The predicted molar refractivity (Wildman–Crippen MR) is 205 cm³/mol. The van der Waals surface area contributed by atoms with Gasteiger partial charge < -0.3 is 15.9 Å². The zero-order valence-electron chi connectivity index (χ0n) is 30.4. The van der Waals surface area contributed by atoms with Crippen molar-refractivity contribution < 1.29 is 15.0 Å². The molecular formula is C46H63NO3. The molecule has 2 saturated carbocycles. The molecule has 2 aromatic carbocycles. The van der Waals surface area contributed by atoms with Crippen molar-refractivity contribution >= 4 is 5.97 Å². The van der Waals surface area contributed by atoms with E-state index in [0.717, 1.165) is 50.0 Å². The Hall–Kier alpha value is -2.95. The predicted octanol–water partition coefficient (Wildman–Crippen LogP) is 10.2. The Morgan fingerprint density at radius 3 is 2.32 bits per heavy atom. The largest absolute Gasteiger partial charge is 0.481 e. The van der Waals surface area contributed by atoms with Crippen LogP contribution in [0.15, 0.2) is 91.1 Å². The van der Waals surface area contributed by atoms with E-state index in [2.05, 4.69) is 78.9 Å². The number of fused-ring (bicyclic) bond motifs is 1. The summed E-state index contributed by atoms with van der Waals surface area (Å²) >= 11 is 0. The fraction of sp³-hybridized carbons (Fsp3) is 0.587. The van der Waals surface area contributed by atoms with Gasteiger partial charge >= 0.3 is 5.97 Å². The first-order chi connectivity index (χ1) is 24.5. The third-order valence-electron chi connectivity index (χ3n) is 13.4. The van der Waals surface area contributed by atoms with Crippen LogP contribution in [0.3, 0.4) is 0 Å². The molecule has 4 aliphatic rings. The molecule has 2 aromatic rings. The molecule has 50 heavy (non-hydrogen) atoms. The first kappa shape index (κ1) is 36.8. The summed E-state index contributed by atoms with van der Waals surface area (Å²) in [5.74, 6) is 1.06. The molecule has 4 heteroatoms. The molecule has 0 radical (unpaired) electrons. The molecule has 0 bridgehead atoms. The molecular weight excluding hydrogens is 615 g/mol. The number of benzene rings is 2. The van der Waals surface area contributed by atoms with E-state index in [-0.39, 0.29) is 41.6 Å². The normalized spacial score (nSPS) is 28.8. The number of aryl methyl sites for hydroxylation is 1. The van der Waals surface area contributed by atoms with Gasteiger partial charge in [-0.15, -0.1) is 0 Å². The SMILES string of the molecule is NC[C@H]1C=C[C@@H](C(=O)O)[C@H]2[C@H]1[C@H](C[C@@H](CC=CCCC1CCCCC1)CCc1cccc(CO)c1)C=C[C@H]2C1(c2ccccc2)CCCCC1. The van der Waals surface area contributed by atoms with E-state index in [1.54, 1.807) is 0 Å². The molecule has 0 aromatic heterocycles. The maximum atomic E-state index is 13.1. The second kappa shape index (κ2) is 18.0. The van der Waals surface area contributed by atoms with E-state index >= 15 is 0 Å². The lowest BCUT2D eigenvalue weighted by Gasteiger charge is -2.55. The molecule has 6 rings (SSSR count). The summed E-state index contributed by atoms with van der Waals surface area (Å²) in [6.07, 6.45) is 33.6. The molecule has 0 amide bonds. The van der Waals surface area contributed by atoms with E-state index in [1.807, 2.05) is 12.1 Å². The van der Waals surface area contributed by atoms with Crippen LogP contribution >= 0.6 is 0 Å². The number of hydrogen-bond donors (Lipinski definition) is 3. The summed E-state index contributed by atoms with van der Waals surface area (Å²) in [4.78, 5) is 13.1. The zero-order valence-corrected chi connectivity index (χ0v) is 30.4. The number of rotatable bonds is 15. The molecule has 0 spiro atoms. The lowest BCUT2D eigenvalue weighted by atomic mass is 9.49. The summed E-state index contributed by atoms with van der Waals surface area (Å²) in [5, 5.41) is 20.5. The van der Waals surface area contributed by atoms with Crippen LogP contribution in [0, 0.1) is 47.3 Å². The van der Waals surface area contributed by atoms with Crippen LogP contribution < -0.4 is 5.73 Å². The van der Waals surface area contributed by atoms with E-state index < -0.39 is 11.9 Å². The summed E-state index contributed by atoms with van der Waals surface area (Å²) in [6.45, 7) is 0.625. The van der Waals surface area contributed by atoms with Gasteiger partial charge in [-0.3, -0.25) is 4.79 Å². The van der Waals surface area contributed by atoms with Gasteiger partial charge in [0.1, 0.15) is 0 Å². The van der Waals surface area contributed by atoms with Crippen LogP contribution in [0.5, 0.6) is 0 Å². The van der Waals surface area contributed by atoms with Crippen LogP contribution in [0.1, 0.15) is 113 Å². The highest BCUT2D eigenvalue weighted by molar-refractivity contribution is 5.73. The molecule has 4 aliphatic carbocycles. The number of carboxylic acids is 1.